The molecule has 0 nitrogen and oxygen atoms in total. The van der Waals surface area contributed by atoms with E-state index < -0.39 is 0 Å². The van der Waals surface area contributed by atoms with Crippen molar-refractivity contribution in [2.45, 2.75) is 57.9 Å². The van der Waals surface area contributed by atoms with Crippen molar-refractivity contribution in [1.29, 1.82) is 0 Å². The highest BCUT2D eigenvalue weighted by Crippen LogP contribution is 2.22. The average molecular weight is 237 g/mol. The molecule has 0 spiro atoms. The molecule has 11 heavy (non-hydrogen) atoms. The molecule has 0 aliphatic carbocycles. The molecule has 0 aromatic carbocycles. The Morgan fingerprint density at radius 3 is 1.82 bits per heavy atom. The smallest absolute Gasteiger partial charge is 0.102 e. The van der Waals surface area contributed by atoms with Crippen LogP contribution in [0.2, 0.25) is 5.54 Å². The number of halogens is 1. The van der Waals surface area contributed by atoms with Gasteiger partial charge in [0, 0.05) is 0 Å². The van der Waals surface area contributed by atoms with Gasteiger partial charge in [0.2, 0.25) is 0 Å². The lowest BCUT2D eigenvalue weighted by molar-refractivity contribution is 0.600. The maximum atomic E-state index is 3.72. The largest absolute Gasteiger partial charge is 0.135 e. The maximum Gasteiger partial charge on any atom is 0.102 e. The topological polar surface area (TPSA) is 0 Å². The van der Waals surface area contributed by atoms with Crippen LogP contribution in [0.25, 0.3) is 0 Å². The van der Waals surface area contributed by atoms with Crippen molar-refractivity contribution in [3.63, 3.8) is 0 Å². The van der Waals surface area contributed by atoms with Gasteiger partial charge in [0.25, 0.3) is 0 Å². The molecular formula is C9H21BrSi. The van der Waals surface area contributed by atoms with Gasteiger partial charge in [0.05, 0.1) is 0 Å². The normalized spacial score (nSPS) is 12.0. The van der Waals surface area contributed by atoms with Crippen molar-refractivity contribution >= 4 is 23.4 Å². The Morgan fingerprint density at radius 1 is 1.09 bits per heavy atom. The molecule has 0 aliphatic heterocycles. The van der Waals surface area contributed by atoms with Crippen LogP contribution in [0.1, 0.15) is 52.4 Å². The second-order valence-corrected chi connectivity index (χ2v) is 6.71. The number of hydrogen-bond donors (Lipinski definition) is 0. The van der Waals surface area contributed by atoms with E-state index in [1.807, 2.05) is 0 Å². The summed E-state index contributed by atoms with van der Waals surface area (Å²) in [5.41, 5.74) is 1.08. The van der Waals surface area contributed by atoms with Crippen LogP contribution in [0.5, 0.6) is 0 Å². The van der Waals surface area contributed by atoms with Gasteiger partial charge in [-0.15, -0.1) is 15.3 Å². The molecule has 0 saturated heterocycles. The van der Waals surface area contributed by atoms with Crippen LogP contribution in [0.3, 0.4) is 0 Å². The van der Waals surface area contributed by atoms with Crippen LogP contribution >= 0.6 is 15.3 Å². The molecule has 2 heteroatoms. The zero-order valence-electron chi connectivity index (χ0n) is 7.91. The number of hydrogen-bond acceptors (Lipinski definition) is 0. The summed E-state index contributed by atoms with van der Waals surface area (Å²) in [5, 5.41) is 0. The first-order valence-electron chi connectivity index (χ1n) is 4.91. The summed E-state index contributed by atoms with van der Waals surface area (Å²) in [5.74, 6) is 0. The Labute approximate surface area is 81.5 Å². The van der Waals surface area contributed by atoms with Crippen LogP contribution in [0, 0.1) is 0 Å². The van der Waals surface area contributed by atoms with Crippen LogP contribution in [0.4, 0.5) is 0 Å². The highest BCUT2D eigenvalue weighted by Gasteiger charge is 2.05. The van der Waals surface area contributed by atoms with Crippen molar-refractivity contribution in [1.82, 2.24) is 0 Å². The third-order valence-corrected chi connectivity index (χ3v) is 6.15. The Kier molecular flexibility index (Phi) is 9.35. The minimum atomic E-state index is 0.0998. The molecule has 0 radical (unpaired) electrons. The van der Waals surface area contributed by atoms with E-state index >= 15 is 0 Å². The van der Waals surface area contributed by atoms with E-state index in [1.54, 1.807) is 0 Å². The third kappa shape index (κ3) is 7.07. The molecule has 0 N–H and O–H groups in total. The van der Waals surface area contributed by atoms with Crippen molar-refractivity contribution in [2.75, 3.05) is 0 Å². The van der Waals surface area contributed by atoms with Crippen molar-refractivity contribution in [2.24, 2.45) is 0 Å². The summed E-state index contributed by atoms with van der Waals surface area (Å²) in [6.07, 6.45) is 8.57. The van der Waals surface area contributed by atoms with E-state index in [-0.39, 0.29) is 8.14 Å². The third-order valence-electron chi connectivity index (χ3n) is 2.15. The Morgan fingerprint density at radius 2 is 1.55 bits per heavy atom. The zero-order valence-corrected chi connectivity index (χ0v) is 10.9. The predicted octanol–water partition coefficient (Wildman–Crippen LogP) is 3.63. The van der Waals surface area contributed by atoms with Crippen molar-refractivity contribution in [3.8, 4) is 0 Å². The van der Waals surface area contributed by atoms with Crippen LogP contribution in [0.15, 0.2) is 0 Å². The molecule has 0 saturated carbocycles. The van der Waals surface area contributed by atoms with Crippen LogP contribution in [-0.2, 0) is 0 Å². The number of rotatable bonds is 7. The minimum Gasteiger partial charge on any atom is -0.135 e. The Hall–Kier alpha value is 0.697. The second-order valence-electron chi connectivity index (χ2n) is 3.30. The molecule has 0 aromatic rings. The second kappa shape index (κ2) is 8.79. The number of unbranched alkanes of at least 4 members (excludes halogenated alkanes) is 2. The van der Waals surface area contributed by atoms with Gasteiger partial charge in [0.15, 0.2) is 0 Å². The zero-order chi connectivity index (χ0) is 8.53. The molecule has 0 aliphatic rings. The van der Waals surface area contributed by atoms with Gasteiger partial charge < -0.3 is 0 Å². The van der Waals surface area contributed by atoms with E-state index in [9.17, 15) is 0 Å². The van der Waals surface area contributed by atoms with Gasteiger partial charge >= 0.3 is 0 Å². The van der Waals surface area contributed by atoms with Gasteiger partial charge in [-0.05, 0) is 5.54 Å². The van der Waals surface area contributed by atoms with Crippen LogP contribution < -0.4 is 0 Å². The molecule has 0 amide bonds. The molecule has 0 unspecified atom stereocenters. The van der Waals surface area contributed by atoms with Gasteiger partial charge in [-0.3, -0.25) is 0 Å². The summed E-state index contributed by atoms with van der Waals surface area (Å²) in [4.78, 5) is 0. The van der Waals surface area contributed by atoms with Crippen LogP contribution in [-0.4, -0.2) is 8.14 Å². The molecule has 68 valence electrons. The predicted molar refractivity (Wildman–Crippen MR) is 60.3 cm³/mol. The molecule has 0 rings (SSSR count). The van der Waals surface area contributed by atoms with E-state index in [4.69, 9.17) is 0 Å². The van der Waals surface area contributed by atoms with Gasteiger partial charge in [-0.2, -0.15) is 0 Å². The standard InChI is InChI=1S/C9H21BrSi/c1-3-5-7-9(11-10)8-6-4-2/h9H,3-8,11H2,1-2H3. The first kappa shape index (κ1) is 11.7. The van der Waals surface area contributed by atoms with Gasteiger partial charge in [-0.25, -0.2) is 0 Å². The monoisotopic (exact) mass is 236 g/mol. The summed E-state index contributed by atoms with van der Waals surface area (Å²) >= 11 is 3.72. The highest BCUT2D eigenvalue weighted by molar-refractivity contribution is 9.23. The van der Waals surface area contributed by atoms with E-state index in [2.05, 4.69) is 29.1 Å². The molecule has 0 fully saturated rings. The summed E-state index contributed by atoms with van der Waals surface area (Å²) in [6.45, 7) is 4.57. The van der Waals surface area contributed by atoms with E-state index in [0.29, 0.717) is 0 Å². The Balaban J connectivity index is 3.25. The van der Waals surface area contributed by atoms with Crippen molar-refractivity contribution < 1.29 is 0 Å². The molecule has 0 heterocycles. The first-order valence-corrected chi connectivity index (χ1v) is 9.62. The summed E-state index contributed by atoms with van der Waals surface area (Å²) < 4.78 is 0. The molecular weight excluding hydrogens is 216 g/mol. The summed E-state index contributed by atoms with van der Waals surface area (Å²) in [6, 6.07) is 0. The summed E-state index contributed by atoms with van der Waals surface area (Å²) in [7, 11) is 0.0998. The minimum absolute atomic E-state index is 0.0998. The lowest BCUT2D eigenvalue weighted by atomic mass is 10.1. The van der Waals surface area contributed by atoms with Gasteiger partial charge in [-0.1, -0.05) is 52.4 Å². The van der Waals surface area contributed by atoms with E-state index in [0.717, 1.165) is 5.54 Å². The quantitative estimate of drug-likeness (QED) is 0.468. The Bertz CT molecular complexity index is 68.0. The fourth-order valence-electron chi connectivity index (χ4n) is 1.28. The highest BCUT2D eigenvalue weighted by atomic mass is 79.9. The molecule has 0 atom stereocenters. The average Bonchev–Trinajstić information content (AvgIpc) is 2.05. The van der Waals surface area contributed by atoms with Crippen molar-refractivity contribution in [3.05, 3.63) is 0 Å². The van der Waals surface area contributed by atoms with Gasteiger partial charge in [0.1, 0.15) is 8.14 Å². The SMILES string of the molecule is CCCCC(CCCC)[SiH2]Br. The lowest BCUT2D eigenvalue weighted by Crippen LogP contribution is -1.97. The lowest BCUT2D eigenvalue weighted by Gasteiger charge is -2.11. The fraction of sp³-hybridized carbons (Fsp3) is 1.00. The molecule has 0 aromatic heterocycles. The molecule has 0 bridgehead atoms. The first-order chi connectivity index (χ1) is 5.35. The fourth-order valence-corrected chi connectivity index (χ4v) is 4.11. The van der Waals surface area contributed by atoms with E-state index in [1.165, 1.54) is 38.5 Å². The maximum absolute atomic E-state index is 3.72.